The summed E-state index contributed by atoms with van der Waals surface area (Å²) in [6.45, 7) is 1.31. The summed E-state index contributed by atoms with van der Waals surface area (Å²) in [6, 6.07) is 18.2. The van der Waals surface area contributed by atoms with E-state index in [4.69, 9.17) is 10.5 Å². The van der Waals surface area contributed by atoms with E-state index in [0.717, 1.165) is 22.6 Å². The van der Waals surface area contributed by atoms with E-state index >= 15 is 0 Å². The van der Waals surface area contributed by atoms with Crippen LogP contribution in [0.3, 0.4) is 0 Å². The smallest absolute Gasteiger partial charge is 0.242 e. The van der Waals surface area contributed by atoms with Crippen LogP contribution in [0.25, 0.3) is 10.8 Å². The number of fused-ring (bicyclic) bond motifs is 2. The van der Waals surface area contributed by atoms with Gasteiger partial charge in [-0.25, -0.2) is 8.42 Å². The van der Waals surface area contributed by atoms with E-state index in [2.05, 4.69) is 5.32 Å². The Labute approximate surface area is 239 Å². The Hall–Kier alpha value is -3.67. The second-order valence-corrected chi connectivity index (χ2v) is 12.0. The number of amides is 3. The Balaban J connectivity index is 0.00000441. The molecule has 4 rings (SSSR count). The molecule has 0 aromatic heterocycles. The molecule has 10 nitrogen and oxygen atoms in total. The Bertz CT molecular complexity index is 1560. The van der Waals surface area contributed by atoms with E-state index in [-0.39, 0.29) is 25.5 Å². The molecular formula is C28H33ClN4O6S. The number of primary amides is 1. The van der Waals surface area contributed by atoms with Crippen LogP contribution in [-0.4, -0.2) is 64.4 Å². The Morgan fingerprint density at radius 1 is 1.07 bits per heavy atom. The van der Waals surface area contributed by atoms with E-state index in [1.807, 2.05) is 36.4 Å². The van der Waals surface area contributed by atoms with Crippen LogP contribution in [0.2, 0.25) is 0 Å². The van der Waals surface area contributed by atoms with Gasteiger partial charge in [-0.2, -0.15) is 0 Å². The molecule has 1 unspecified atom stereocenters. The Kier molecular flexibility index (Phi) is 9.13. The van der Waals surface area contributed by atoms with Crippen LogP contribution < -0.4 is 25.6 Å². The van der Waals surface area contributed by atoms with Crippen LogP contribution in [0, 0.1) is 5.92 Å². The highest BCUT2D eigenvalue weighted by Crippen LogP contribution is 2.40. The van der Waals surface area contributed by atoms with Crippen LogP contribution in [0.4, 0.5) is 11.4 Å². The van der Waals surface area contributed by atoms with Crippen molar-refractivity contribution in [2.75, 3.05) is 42.5 Å². The van der Waals surface area contributed by atoms with Crippen molar-refractivity contribution in [1.29, 1.82) is 0 Å². The van der Waals surface area contributed by atoms with Crippen molar-refractivity contribution in [1.82, 2.24) is 5.32 Å². The maximum Gasteiger partial charge on any atom is 0.242 e. The molecule has 12 heteroatoms. The first kappa shape index (κ1) is 30.9. The zero-order valence-corrected chi connectivity index (χ0v) is 24.3. The lowest BCUT2D eigenvalue weighted by atomic mass is 9.83. The molecule has 0 bridgehead atoms. The molecule has 0 spiro atoms. The summed E-state index contributed by atoms with van der Waals surface area (Å²) in [4.78, 5) is 43.2. The summed E-state index contributed by atoms with van der Waals surface area (Å²) in [6.07, 6.45) is 0.970. The third-order valence-electron chi connectivity index (χ3n) is 7.34. The quantitative estimate of drug-likeness (QED) is 0.411. The number of nitrogens with one attached hydrogen (secondary N) is 1. The first-order valence-corrected chi connectivity index (χ1v) is 14.4. The van der Waals surface area contributed by atoms with Gasteiger partial charge >= 0.3 is 0 Å². The third kappa shape index (κ3) is 5.77. The molecule has 1 aliphatic rings. The fourth-order valence-electron chi connectivity index (χ4n) is 5.02. The van der Waals surface area contributed by atoms with E-state index < -0.39 is 44.8 Å². The Morgan fingerprint density at radius 3 is 2.30 bits per heavy atom. The van der Waals surface area contributed by atoms with Crippen molar-refractivity contribution >= 4 is 62.1 Å². The van der Waals surface area contributed by atoms with Crippen molar-refractivity contribution in [3.63, 3.8) is 0 Å². The molecule has 0 saturated carbocycles. The van der Waals surface area contributed by atoms with Crippen LogP contribution in [0.5, 0.6) is 5.75 Å². The fourth-order valence-corrected chi connectivity index (χ4v) is 5.62. The molecular weight excluding hydrogens is 556 g/mol. The molecule has 0 fully saturated rings. The van der Waals surface area contributed by atoms with Gasteiger partial charge in [-0.15, -0.1) is 12.4 Å². The number of carbonyl (C=O) groups is 3. The Morgan fingerprint density at radius 2 is 1.70 bits per heavy atom. The molecule has 3 aromatic carbocycles. The molecule has 40 heavy (non-hydrogen) atoms. The molecule has 0 saturated heterocycles. The number of hydrogen-bond acceptors (Lipinski definition) is 7. The molecule has 0 aliphatic carbocycles. The van der Waals surface area contributed by atoms with Gasteiger partial charge in [0.15, 0.2) is 9.84 Å². The number of anilines is 2. The second kappa shape index (κ2) is 11.8. The predicted octanol–water partition coefficient (Wildman–Crippen LogP) is 2.27. The lowest BCUT2D eigenvalue weighted by Crippen LogP contribution is -2.63. The highest BCUT2D eigenvalue weighted by molar-refractivity contribution is 7.91. The molecule has 1 aliphatic heterocycles. The lowest BCUT2D eigenvalue weighted by molar-refractivity contribution is -0.133. The van der Waals surface area contributed by atoms with Gasteiger partial charge in [0.05, 0.1) is 30.9 Å². The van der Waals surface area contributed by atoms with Gasteiger partial charge in [-0.3, -0.25) is 14.4 Å². The molecule has 3 N–H and O–H groups in total. The topological polar surface area (TPSA) is 139 Å². The maximum atomic E-state index is 14.4. The number of likely N-dealkylation sites (N-methyl/N-ethyl adjacent to an activating group) is 1. The van der Waals surface area contributed by atoms with E-state index in [9.17, 15) is 22.8 Å². The summed E-state index contributed by atoms with van der Waals surface area (Å²) in [5.74, 6) is -3.29. The lowest BCUT2D eigenvalue weighted by Gasteiger charge is -2.36. The van der Waals surface area contributed by atoms with Gasteiger partial charge in [-0.05, 0) is 42.9 Å². The van der Waals surface area contributed by atoms with Crippen molar-refractivity contribution < 1.29 is 27.5 Å². The average molecular weight is 589 g/mol. The van der Waals surface area contributed by atoms with Crippen molar-refractivity contribution in [2.24, 2.45) is 11.7 Å². The molecule has 2 atom stereocenters. The van der Waals surface area contributed by atoms with Gasteiger partial charge in [-0.1, -0.05) is 42.5 Å². The van der Waals surface area contributed by atoms with Crippen molar-refractivity contribution in [2.45, 2.75) is 19.0 Å². The minimum Gasteiger partial charge on any atom is -0.496 e. The maximum absolute atomic E-state index is 14.4. The highest BCUT2D eigenvalue weighted by Gasteiger charge is 2.49. The van der Waals surface area contributed by atoms with Crippen molar-refractivity contribution in [3.8, 4) is 5.75 Å². The summed E-state index contributed by atoms with van der Waals surface area (Å²) >= 11 is 0. The number of halogens is 1. The van der Waals surface area contributed by atoms with Crippen LogP contribution in [0.1, 0.15) is 12.5 Å². The number of rotatable bonds is 8. The predicted molar refractivity (Wildman–Crippen MR) is 158 cm³/mol. The van der Waals surface area contributed by atoms with Gasteiger partial charge < -0.3 is 25.6 Å². The summed E-state index contributed by atoms with van der Waals surface area (Å²) in [5.41, 5.74) is 5.71. The summed E-state index contributed by atoms with van der Waals surface area (Å²) in [5, 5.41) is 4.70. The van der Waals surface area contributed by atoms with Gasteiger partial charge in [0.1, 0.15) is 17.0 Å². The van der Waals surface area contributed by atoms with Crippen LogP contribution in [-0.2, 0) is 30.8 Å². The zero-order valence-electron chi connectivity index (χ0n) is 22.7. The van der Waals surface area contributed by atoms with Gasteiger partial charge in [0.25, 0.3) is 0 Å². The number of carbonyl (C=O) groups excluding carboxylic acids is 3. The van der Waals surface area contributed by atoms with Gasteiger partial charge in [0.2, 0.25) is 17.7 Å². The normalized spacial score (nSPS) is 16.9. The number of nitrogens with two attached hydrogens (primary N) is 1. The third-order valence-corrected chi connectivity index (χ3v) is 8.11. The first-order valence-electron chi connectivity index (χ1n) is 12.3. The number of ether oxygens (including phenoxy) is 1. The standard InChI is InChI=1S/C28H32N4O6S.ClH/c1-28(30-2,27(29)35)21-16-31(25(33)17-39(4,36)37)22-11-7-8-12-23(22)32(26(21)34)15-20-19-10-6-5-9-18(19)13-14-24(20)38-3;/h5-14,21,30H,15-17H2,1-4H3,(H2,29,35);1H/t21-,28?;/m1./s1. The number of hydrogen-bond donors (Lipinski definition) is 2. The van der Waals surface area contributed by atoms with Crippen LogP contribution >= 0.6 is 12.4 Å². The molecule has 214 valence electrons. The number of benzene rings is 3. The number of methoxy groups -OCH3 is 1. The largest absolute Gasteiger partial charge is 0.496 e. The zero-order chi connectivity index (χ0) is 28.5. The average Bonchev–Trinajstić information content (AvgIpc) is 3.02. The second-order valence-electron chi connectivity index (χ2n) is 9.82. The van der Waals surface area contributed by atoms with Crippen molar-refractivity contribution in [3.05, 3.63) is 66.2 Å². The molecule has 1 heterocycles. The van der Waals surface area contributed by atoms with E-state index in [1.165, 1.54) is 23.8 Å². The minimum absolute atomic E-state index is 0. The van der Waals surface area contributed by atoms with Gasteiger partial charge in [0, 0.05) is 18.4 Å². The highest BCUT2D eigenvalue weighted by atomic mass is 35.5. The van der Waals surface area contributed by atoms with E-state index in [1.54, 1.807) is 31.4 Å². The molecule has 3 amide bonds. The fraction of sp³-hybridized carbons (Fsp3) is 0.321. The molecule has 0 radical (unpaired) electrons. The number of nitrogens with zero attached hydrogens (tertiary/aromatic N) is 2. The summed E-state index contributed by atoms with van der Waals surface area (Å²) in [7, 11) is -0.627. The SMILES string of the molecule is CNC(C)(C(N)=O)[C@@H]1CN(C(=O)CS(C)(=O)=O)c2ccccc2N(Cc2c(OC)ccc3ccccc23)C1=O.Cl. The number of sulfone groups is 1. The monoisotopic (exact) mass is 588 g/mol. The first-order chi connectivity index (χ1) is 18.4. The van der Waals surface area contributed by atoms with E-state index in [0.29, 0.717) is 17.1 Å². The number of para-hydroxylation sites is 2. The molecule has 3 aromatic rings. The minimum atomic E-state index is -3.68. The van der Waals surface area contributed by atoms with Crippen LogP contribution in [0.15, 0.2) is 60.7 Å². The summed E-state index contributed by atoms with van der Waals surface area (Å²) < 4.78 is 29.8.